The van der Waals surface area contributed by atoms with Crippen molar-refractivity contribution in [3.8, 4) is 11.8 Å². The van der Waals surface area contributed by atoms with Crippen molar-refractivity contribution in [3.05, 3.63) is 64.3 Å². The number of nitriles is 1. The minimum absolute atomic E-state index is 0.327. The Bertz CT molecular complexity index is 1190. The molecule has 0 bridgehead atoms. The number of pyridine rings is 1. The van der Waals surface area contributed by atoms with Gasteiger partial charge in [-0.2, -0.15) is 5.26 Å². The van der Waals surface area contributed by atoms with E-state index in [1.54, 1.807) is 18.2 Å². The van der Waals surface area contributed by atoms with E-state index in [4.69, 9.17) is 10.5 Å². The number of rotatable bonds is 7. The molecule has 0 radical (unpaired) electrons. The zero-order valence-electron chi connectivity index (χ0n) is 16.1. The summed E-state index contributed by atoms with van der Waals surface area (Å²) in [4.78, 5) is 16.5. The van der Waals surface area contributed by atoms with Gasteiger partial charge in [0.2, 0.25) is 5.91 Å². The molecule has 3 aromatic rings. The first-order chi connectivity index (χ1) is 14.5. The van der Waals surface area contributed by atoms with Crippen LogP contribution in [-0.2, 0) is 4.79 Å². The van der Waals surface area contributed by atoms with Crippen molar-refractivity contribution in [2.75, 3.05) is 17.3 Å². The van der Waals surface area contributed by atoms with Crippen LogP contribution in [0.1, 0.15) is 18.1 Å². The number of allylic oxidation sites excluding steroid dienone is 1. The monoisotopic (exact) mass is 528 g/mol. The summed E-state index contributed by atoms with van der Waals surface area (Å²) in [7, 11) is 0. The number of halogens is 2. The van der Waals surface area contributed by atoms with Crippen LogP contribution in [0.25, 0.3) is 16.5 Å². The number of fused-ring (bicyclic) bond motifs is 1. The summed E-state index contributed by atoms with van der Waals surface area (Å²) in [6.07, 6.45) is 3.20. The highest BCUT2D eigenvalue weighted by Gasteiger charge is 2.18. The number of hydrogen-bond donors (Lipinski definition) is 2. The van der Waals surface area contributed by atoms with Crippen molar-refractivity contribution < 1.29 is 9.53 Å². The van der Waals surface area contributed by atoms with Gasteiger partial charge in [0.05, 0.1) is 23.4 Å². The van der Waals surface area contributed by atoms with Crippen LogP contribution >= 0.6 is 31.9 Å². The Morgan fingerprint density at radius 3 is 2.80 bits per heavy atom. The van der Waals surface area contributed by atoms with E-state index in [0.29, 0.717) is 51.0 Å². The Kier molecular flexibility index (Phi) is 7.08. The number of anilines is 2. The van der Waals surface area contributed by atoms with Gasteiger partial charge in [0.25, 0.3) is 0 Å². The highest BCUT2D eigenvalue weighted by atomic mass is 79.9. The molecule has 0 atom stereocenters. The smallest absolute Gasteiger partial charge is 0.249 e. The Labute approximate surface area is 191 Å². The van der Waals surface area contributed by atoms with Crippen molar-refractivity contribution in [2.24, 2.45) is 5.73 Å². The number of amides is 1. The molecule has 0 spiro atoms. The summed E-state index contributed by atoms with van der Waals surface area (Å²) in [6, 6.07) is 13.3. The quantitative estimate of drug-likeness (QED) is 0.320. The lowest BCUT2D eigenvalue weighted by molar-refractivity contribution is -0.112. The molecule has 3 N–H and O–H groups in total. The fourth-order valence-corrected chi connectivity index (χ4v) is 3.78. The largest absolute Gasteiger partial charge is 0.493 e. The van der Waals surface area contributed by atoms with E-state index < -0.39 is 5.91 Å². The minimum atomic E-state index is -0.569. The lowest BCUT2D eigenvalue weighted by Gasteiger charge is -2.16. The van der Waals surface area contributed by atoms with Crippen LogP contribution in [0.15, 0.2) is 53.1 Å². The van der Waals surface area contributed by atoms with E-state index in [1.165, 1.54) is 6.20 Å². The topological polar surface area (TPSA) is 101 Å². The van der Waals surface area contributed by atoms with E-state index in [0.717, 1.165) is 10.2 Å². The number of ether oxygens (including phenoxy) is 1. The molecule has 152 valence electrons. The zero-order chi connectivity index (χ0) is 21.7. The van der Waals surface area contributed by atoms with Crippen LogP contribution in [0, 0.1) is 11.3 Å². The first-order valence-electron chi connectivity index (χ1n) is 9.07. The van der Waals surface area contributed by atoms with Gasteiger partial charge in [-0.05, 0) is 31.2 Å². The maximum absolute atomic E-state index is 12.1. The van der Waals surface area contributed by atoms with Crippen molar-refractivity contribution in [1.82, 2.24) is 4.98 Å². The summed E-state index contributed by atoms with van der Waals surface area (Å²) in [6.45, 7) is 2.27. The molecule has 1 heterocycles. The molecule has 0 fully saturated rings. The van der Waals surface area contributed by atoms with E-state index >= 15 is 0 Å². The second-order valence-electron chi connectivity index (χ2n) is 6.23. The fraction of sp³-hybridized carbons (Fsp3) is 0.136. The van der Waals surface area contributed by atoms with Crippen LogP contribution in [0.3, 0.4) is 0 Å². The number of nitrogens with two attached hydrogens (primary N) is 1. The Morgan fingerprint density at radius 2 is 2.17 bits per heavy atom. The summed E-state index contributed by atoms with van der Waals surface area (Å²) in [5.41, 5.74) is 8.89. The second-order valence-corrected chi connectivity index (χ2v) is 7.79. The Morgan fingerprint density at radius 1 is 1.37 bits per heavy atom. The number of nitrogens with one attached hydrogen (secondary N) is 1. The average Bonchev–Trinajstić information content (AvgIpc) is 2.72. The number of primary amides is 1. The highest BCUT2D eigenvalue weighted by Crippen LogP contribution is 2.36. The zero-order valence-corrected chi connectivity index (χ0v) is 19.2. The number of carbonyl (C=O) groups is 1. The van der Waals surface area contributed by atoms with E-state index in [-0.39, 0.29) is 0 Å². The third-order valence-electron chi connectivity index (χ3n) is 4.32. The fourth-order valence-electron chi connectivity index (χ4n) is 3.06. The van der Waals surface area contributed by atoms with Crippen LogP contribution in [-0.4, -0.2) is 22.8 Å². The van der Waals surface area contributed by atoms with Gasteiger partial charge < -0.3 is 15.8 Å². The maximum Gasteiger partial charge on any atom is 0.249 e. The molecule has 6 nitrogen and oxygen atoms in total. The minimum Gasteiger partial charge on any atom is -0.493 e. The van der Waals surface area contributed by atoms with Crippen molar-refractivity contribution in [3.63, 3.8) is 0 Å². The molecule has 0 saturated carbocycles. The number of benzene rings is 2. The molecule has 8 heteroatoms. The maximum atomic E-state index is 12.1. The third kappa shape index (κ3) is 4.64. The van der Waals surface area contributed by atoms with Gasteiger partial charge in [0.15, 0.2) is 0 Å². The van der Waals surface area contributed by atoms with Crippen LogP contribution in [0.2, 0.25) is 0 Å². The van der Waals surface area contributed by atoms with Gasteiger partial charge in [-0.15, -0.1) is 0 Å². The van der Waals surface area contributed by atoms with Gasteiger partial charge in [0, 0.05) is 44.3 Å². The Balaban J connectivity index is 2.29. The molecule has 0 aliphatic rings. The molecule has 0 unspecified atom stereocenters. The van der Waals surface area contributed by atoms with Gasteiger partial charge >= 0.3 is 0 Å². The van der Waals surface area contributed by atoms with Crippen LogP contribution in [0.4, 0.5) is 11.4 Å². The van der Waals surface area contributed by atoms with Crippen LogP contribution in [0.5, 0.6) is 5.75 Å². The first-order valence-corrected chi connectivity index (χ1v) is 11.0. The number of carbonyl (C=O) groups excluding carboxylic acids is 1. The van der Waals surface area contributed by atoms with E-state index in [1.807, 2.05) is 31.2 Å². The molecular weight excluding hydrogens is 512 g/mol. The first kappa shape index (κ1) is 21.8. The molecule has 0 saturated heterocycles. The van der Waals surface area contributed by atoms with Gasteiger partial charge in [-0.25, -0.2) is 0 Å². The average molecular weight is 530 g/mol. The second kappa shape index (κ2) is 9.74. The SMILES string of the molecule is CCOc1cc2ncc(C#N)c(Nc3cccc(Br)c3)c2cc1C(=CCBr)C(N)=O. The molecule has 30 heavy (non-hydrogen) atoms. The summed E-state index contributed by atoms with van der Waals surface area (Å²) >= 11 is 6.77. The summed E-state index contributed by atoms with van der Waals surface area (Å²) in [5, 5.41) is 14.1. The summed E-state index contributed by atoms with van der Waals surface area (Å²) in [5.74, 6) is -0.0673. The molecule has 0 aliphatic carbocycles. The molecule has 2 aromatic carbocycles. The molecule has 1 amide bonds. The van der Waals surface area contributed by atoms with Crippen molar-refractivity contribution in [1.29, 1.82) is 5.26 Å². The van der Waals surface area contributed by atoms with Gasteiger partial charge in [-0.3, -0.25) is 9.78 Å². The van der Waals surface area contributed by atoms with Gasteiger partial charge in [0.1, 0.15) is 11.8 Å². The number of nitrogens with zero attached hydrogens (tertiary/aromatic N) is 2. The number of alkyl halides is 1. The number of aromatic nitrogens is 1. The molecular formula is C22H18Br2N4O2. The highest BCUT2D eigenvalue weighted by molar-refractivity contribution is 9.10. The van der Waals surface area contributed by atoms with E-state index in [9.17, 15) is 10.1 Å². The predicted molar refractivity (Wildman–Crippen MR) is 126 cm³/mol. The number of hydrogen-bond acceptors (Lipinski definition) is 5. The molecule has 1 aromatic heterocycles. The molecule has 0 aliphatic heterocycles. The van der Waals surface area contributed by atoms with Crippen molar-refractivity contribution in [2.45, 2.75) is 6.92 Å². The normalized spacial score (nSPS) is 11.2. The predicted octanol–water partition coefficient (Wildman–Crippen LogP) is 5.27. The summed E-state index contributed by atoms with van der Waals surface area (Å²) < 4.78 is 6.66. The Hall–Kier alpha value is -2.89. The van der Waals surface area contributed by atoms with Gasteiger partial charge in [-0.1, -0.05) is 44.0 Å². The van der Waals surface area contributed by atoms with Crippen molar-refractivity contribution >= 4 is 65.6 Å². The third-order valence-corrected chi connectivity index (χ3v) is 5.14. The standard InChI is InChI=1S/C22H18Br2N4O2/c1-2-30-20-10-19-18(9-17(20)16(6-7-23)22(26)29)21(13(11-25)12-27-19)28-15-5-3-4-14(24)8-15/h3-6,8-10,12H,2,7H2,1H3,(H2,26,29)(H,27,28). The lowest BCUT2D eigenvalue weighted by atomic mass is 9.99. The van der Waals surface area contributed by atoms with Crippen LogP contribution < -0.4 is 15.8 Å². The molecule has 3 rings (SSSR count). The lowest BCUT2D eigenvalue weighted by Crippen LogP contribution is -2.14. The van der Waals surface area contributed by atoms with E-state index in [2.05, 4.69) is 48.2 Å².